The molecule has 1 aliphatic heterocycles. The van der Waals surface area contributed by atoms with Gasteiger partial charge < -0.3 is 9.32 Å². The maximum absolute atomic E-state index is 5.86. The SMILES string of the molecule is Cc1cccc(-c2nnc(CSc3nnc(N4CCCC4)n3C3CC3)o2)c1. The highest BCUT2D eigenvalue weighted by Gasteiger charge is 2.32. The van der Waals surface area contributed by atoms with Crippen molar-refractivity contribution in [3.63, 3.8) is 0 Å². The Morgan fingerprint density at radius 1 is 1.11 bits per heavy atom. The summed E-state index contributed by atoms with van der Waals surface area (Å²) in [5.41, 5.74) is 2.13. The molecule has 140 valence electrons. The topological polar surface area (TPSA) is 72.9 Å². The molecule has 8 heteroatoms. The van der Waals surface area contributed by atoms with E-state index in [9.17, 15) is 0 Å². The third kappa shape index (κ3) is 3.45. The van der Waals surface area contributed by atoms with Crippen LogP contribution in [-0.2, 0) is 5.75 Å². The van der Waals surface area contributed by atoms with Crippen molar-refractivity contribution in [1.82, 2.24) is 25.0 Å². The Labute approximate surface area is 162 Å². The van der Waals surface area contributed by atoms with Crippen LogP contribution in [0.4, 0.5) is 5.95 Å². The number of aryl methyl sites for hydroxylation is 1. The quantitative estimate of drug-likeness (QED) is 0.599. The van der Waals surface area contributed by atoms with Gasteiger partial charge in [0, 0.05) is 24.7 Å². The first-order valence-corrected chi connectivity index (χ1v) is 10.5. The first-order chi connectivity index (χ1) is 13.3. The van der Waals surface area contributed by atoms with Crippen molar-refractivity contribution in [3.8, 4) is 11.5 Å². The molecule has 3 heterocycles. The van der Waals surface area contributed by atoms with Crippen LogP contribution in [-0.4, -0.2) is 38.1 Å². The minimum absolute atomic E-state index is 0.545. The zero-order valence-corrected chi connectivity index (χ0v) is 16.2. The lowest BCUT2D eigenvalue weighted by Gasteiger charge is -2.17. The fourth-order valence-corrected chi connectivity index (χ4v) is 4.32. The van der Waals surface area contributed by atoms with Gasteiger partial charge in [-0.15, -0.1) is 20.4 Å². The Balaban J connectivity index is 1.32. The van der Waals surface area contributed by atoms with Gasteiger partial charge in [-0.1, -0.05) is 29.5 Å². The molecule has 1 saturated carbocycles. The van der Waals surface area contributed by atoms with Crippen molar-refractivity contribution in [1.29, 1.82) is 0 Å². The van der Waals surface area contributed by atoms with Crippen molar-refractivity contribution < 1.29 is 4.42 Å². The van der Waals surface area contributed by atoms with E-state index >= 15 is 0 Å². The van der Waals surface area contributed by atoms with Gasteiger partial charge in [0.25, 0.3) is 0 Å². The summed E-state index contributed by atoms with van der Waals surface area (Å²) in [5.74, 6) is 2.81. The van der Waals surface area contributed by atoms with Gasteiger partial charge in [0.1, 0.15) is 0 Å². The lowest BCUT2D eigenvalue weighted by molar-refractivity contribution is 0.528. The number of hydrogen-bond acceptors (Lipinski definition) is 7. The lowest BCUT2D eigenvalue weighted by atomic mass is 10.1. The van der Waals surface area contributed by atoms with E-state index in [2.05, 4.69) is 48.9 Å². The van der Waals surface area contributed by atoms with Gasteiger partial charge in [0.2, 0.25) is 17.7 Å². The molecule has 1 saturated heterocycles. The molecule has 0 unspecified atom stereocenters. The average molecular weight is 382 g/mol. The van der Waals surface area contributed by atoms with Crippen LogP contribution in [0.5, 0.6) is 0 Å². The standard InChI is InChI=1S/C19H22N6OS/c1-13-5-4-6-14(11-13)17-21-20-16(26-17)12-27-19-23-22-18(24-9-2-3-10-24)25(19)15-7-8-15/h4-6,11,15H,2-3,7-10,12H2,1H3. The molecule has 3 aromatic rings. The number of benzene rings is 1. The second-order valence-corrected chi connectivity index (χ2v) is 8.18. The summed E-state index contributed by atoms with van der Waals surface area (Å²) in [5, 5.41) is 18.3. The molecule has 1 aliphatic carbocycles. The second-order valence-electron chi connectivity index (χ2n) is 7.24. The van der Waals surface area contributed by atoms with E-state index in [0.717, 1.165) is 29.8 Å². The molecule has 27 heavy (non-hydrogen) atoms. The predicted octanol–water partition coefficient (Wildman–Crippen LogP) is 3.86. The first-order valence-electron chi connectivity index (χ1n) is 9.50. The lowest BCUT2D eigenvalue weighted by Crippen LogP contribution is -2.22. The fourth-order valence-electron chi connectivity index (χ4n) is 3.49. The summed E-state index contributed by atoms with van der Waals surface area (Å²) in [6, 6.07) is 8.64. The number of hydrogen-bond donors (Lipinski definition) is 0. The highest BCUT2D eigenvalue weighted by atomic mass is 32.2. The molecule has 0 N–H and O–H groups in total. The molecule has 0 amide bonds. The molecule has 0 radical (unpaired) electrons. The summed E-state index contributed by atoms with van der Waals surface area (Å²) in [6.45, 7) is 4.22. The molecule has 2 fully saturated rings. The predicted molar refractivity (Wildman–Crippen MR) is 104 cm³/mol. The van der Waals surface area contributed by atoms with Gasteiger partial charge in [-0.05, 0) is 44.7 Å². The molecule has 5 rings (SSSR count). The van der Waals surface area contributed by atoms with Gasteiger partial charge in [0.05, 0.1) is 5.75 Å². The number of nitrogens with zero attached hydrogens (tertiary/aromatic N) is 6. The fraction of sp³-hybridized carbons (Fsp3) is 0.474. The third-order valence-electron chi connectivity index (χ3n) is 5.00. The van der Waals surface area contributed by atoms with Crippen LogP contribution >= 0.6 is 11.8 Å². The van der Waals surface area contributed by atoms with Gasteiger partial charge in [0.15, 0.2) is 5.16 Å². The van der Waals surface area contributed by atoms with E-state index in [-0.39, 0.29) is 0 Å². The summed E-state index contributed by atoms with van der Waals surface area (Å²) in [6.07, 6.45) is 4.91. The Hall–Kier alpha value is -2.35. The maximum Gasteiger partial charge on any atom is 0.247 e. The Kier molecular flexibility index (Phi) is 4.35. The third-order valence-corrected chi connectivity index (χ3v) is 5.93. The average Bonchev–Trinajstić information content (AvgIpc) is 3.09. The molecule has 2 aromatic heterocycles. The largest absolute Gasteiger partial charge is 0.420 e. The maximum atomic E-state index is 5.86. The van der Waals surface area contributed by atoms with Crippen LogP contribution in [0.3, 0.4) is 0 Å². The number of anilines is 1. The Morgan fingerprint density at radius 2 is 1.96 bits per heavy atom. The van der Waals surface area contributed by atoms with Crippen LogP contribution in [0.2, 0.25) is 0 Å². The number of aromatic nitrogens is 5. The zero-order chi connectivity index (χ0) is 18.2. The minimum Gasteiger partial charge on any atom is -0.420 e. The second kappa shape index (κ2) is 6.99. The molecular formula is C19H22N6OS. The molecule has 2 aliphatic rings. The Morgan fingerprint density at radius 3 is 2.74 bits per heavy atom. The summed E-state index contributed by atoms with van der Waals surface area (Å²) < 4.78 is 8.17. The first kappa shape index (κ1) is 16.8. The highest BCUT2D eigenvalue weighted by molar-refractivity contribution is 7.98. The van der Waals surface area contributed by atoms with E-state index in [1.165, 1.54) is 31.2 Å². The molecule has 0 atom stereocenters. The van der Waals surface area contributed by atoms with Crippen LogP contribution in [0.15, 0.2) is 33.8 Å². The number of rotatable bonds is 6. The van der Waals surface area contributed by atoms with Crippen LogP contribution < -0.4 is 4.90 Å². The van der Waals surface area contributed by atoms with Gasteiger partial charge in [-0.2, -0.15) is 0 Å². The van der Waals surface area contributed by atoms with Crippen LogP contribution in [0, 0.1) is 6.92 Å². The van der Waals surface area contributed by atoms with Gasteiger partial charge in [-0.3, -0.25) is 4.57 Å². The monoisotopic (exact) mass is 382 g/mol. The van der Waals surface area contributed by atoms with Gasteiger partial charge >= 0.3 is 0 Å². The zero-order valence-electron chi connectivity index (χ0n) is 15.3. The molecule has 0 bridgehead atoms. The van der Waals surface area contributed by atoms with Crippen molar-refractivity contribution in [2.75, 3.05) is 18.0 Å². The molecular weight excluding hydrogens is 360 g/mol. The van der Waals surface area contributed by atoms with Crippen LogP contribution in [0.25, 0.3) is 11.5 Å². The summed E-state index contributed by atoms with van der Waals surface area (Å²) >= 11 is 1.63. The van der Waals surface area contributed by atoms with Crippen LogP contribution in [0.1, 0.15) is 43.2 Å². The highest BCUT2D eigenvalue weighted by Crippen LogP contribution is 2.41. The smallest absolute Gasteiger partial charge is 0.247 e. The summed E-state index contributed by atoms with van der Waals surface area (Å²) in [7, 11) is 0. The van der Waals surface area contributed by atoms with Crippen molar-refractivity contribution in [2.45, 2.75) is 49.6 Å². The van der Waals surface area contributed by atoms with E-state index in [4.69, 9.17) is 4.42 Å². The van der Waals surface area contributed by atoms with Crippen molar-refractivity contribution in [2.24, 2.45) is 0 Å². The minimum atomic E-state index is 0.545. The van der Waals surface area contributed by atoms with Gasteiger partial charge in [-0.25, -0.2) is 0 Å². The van der Waals surface area contributed by atoms with E-state index in [1.807, 2.05) is 12.1 Å². The van der Waals surface area contributed by atoms with E-state index < -0.39 is 0 Å². The normalized spacial score (nSPS) is 17.0. The van der Waals surface area contributed by atoms with Crippen molar-refractivity contribution in [3.05, 3.63) is 35.7 Å². The molecule has 1 aromatic carbocycles. The van der Waals surface area contributed by atoms with E-state index in [1.54, 1.807) is 11.8 Å². The van der Waals surface area contributed by atoms with E-state index in [0.29, 0.717) is 23.6 Å². The summed E-state index contributed by atoms with van der Waals surface area (Å²) in [4.78, 5) is 2.36. The molecule has 0 spiro atoms. The Bertz CT molecular complexity index is 941. The number of thioether (sulfide) groups is 1. The van der Waals surface area contributed by atoms with Crippen molar-refractivity contribution >= 4 is 17.7 Å². The molecule has 7 nitrogen and oxygen atoms in total.